The van der Waals surface area contributed by atoms with Crippen molar-refractivity contribution >= 4 is 39.2 Å². The van der Waals surface area contributed by atoms with Gasteiger partial charge in [0.15, 0.2) is 0 Å². The number of carbonyl (C=O) groups excluding carboxylic acids is 1. The van der Waals surface area contributed by atoms with E-state index >= 15 is 0 Å². The van der Waals surface area contributed by atoms with Gasteiger partial charge in [0, 0.05) is 4.88 Å². The van der Waals surface area contributed by atoms with Crippen LogP contribution >= 0.6 is 11.3 Å². The van der Waals surface area contributed by atoms with Gasteiger partial charge in [0.2, 0.25) is 11.9 Å². The van der Waals surface area contributed by atoms with Crippen molar-refractivity contribution in [1.29, 1.82) is 0 Å². The van der Waals surface area contributed by atoms with Crippen LogP contribution in [0.5, 0.6) is 0 Å². The molecule has 0 spiro atoms. The molecule has 102 valence electrons. The van der Waals surface area contributed by atoms with Crippen LogP contribution in [0, 0.1) is 0 Å². The molecule has 0 bridgehead atoms. The van der Waals surface area contributed by atoms with E-state index in [4.69, 9.17) is 11.6 Å². The lowest BCUT2D eigenvalue weighted by Crippen LogP contribution is -2.33. The number of anilines is 2. The van der Waals surface area contributed by atoms with Gasteiger partial charge in [-0.25, -0.2) is 10.8 Å². The standard InChI is InChI=1S/C11H16N6OS/c1-3-6-4-7-9(14-5(2)8(12)18)15-11(17-13)16-10(7)19-6/h4-5H,3,13H2,1-2H3,(H2,12,18)(H2,14,15,16,17). The number of primary amides is 1. The molecule has 0 fully saturated rings. The number of aryl methyl sites for hydroxylation is 1. The lowest BCUT2D eigenvalue weighted by molar-refractivity contribution is -0.118. The SMILES string of the molecule is CCc1cc2c(NC(C)C(N)=O)nc(NN)nc2s1. The summed E-state index contributed by atoms with van der Waals surface area (Å²) < 4.78 is 0. The zero-order chi connectivity index (χ0) is 14.0. The van der Waals surface area contributed by atoms with Gasteiger partial charge in [-0.05, 0) is 19.4 Å². The molecule has 8 heteroatoms. The number of nitrogens with two attached hydrogens (primary N) is 2. The van der Waals surface area contributed by atoms with E-state index in [0.29, 0.717) is 11.8 Å². The zero-order valence-electron chi connectivity index (χ0n) is 10.7. The number of nitrogens with one attached hydrogen (secondary N) is 2. The van der Waals surface area contributed by atoms with Crippen LogP contribution in [0.1, 0.15) is 18.7 Å². The number of fused-ring (bicyclic) bond motifs is 1. The minimum atomic E-state index is -0.520. The quantitative estimate of drug-likeness (QED) is 0.475. The largest absolute Gasteiger partial charge is 0.368 e. The minimum absolute atomic E-state index is 0.302. The Balaban J connectivity index is 2.49. The first-order valence-corrected chi connectivity index (χ1v) is 6.69. The maximum Gasteiger partial charge on any atom is 0.240 e. The molecule has 0 aliphatic rings. The van der Waals surface area contributed by atoms with E-state index in [1.807, 2.05) is 6.07 Å². The molecular weight excluding hydrogens is 264 g/mol. The van der Waals surface area contributed by atoms with Crippen LogP contribution in [0.2, 0.25) is 0 Å². The van der Waals surface area contributed by atoms with Crippen molar-refractivity contribution in [3.63, 3.8) is 0 Å². The Morgan fingerprint density at radius 1 is 1.53 bits per heavy atom. The first kappa shape index (κ1) is 13.5. The first-order chi connectivity index (χ1) is 9.05. The van der Waals surface area contributed by atoms with E-state index in [1.165, 1.54) is 4.88 Å². The van der Waals surface area contributed by atoms with Crippen LogP contribution < -0.4 is 22.3 Å². The van der Waals surface area contributed by atoms with Gasteiger partial charge >= 0.3 is 0 Å². The van der Waals surface area contributed by atoms with Crippen molar-refractivity contribution in [2.75, 3.05) is 10.7 Å². The average molecular weight is 280 g/mol. The van der Waals surface area contributed by atoms with Crippen molar-refractivity contribution in [2.24, 2.45) is 11.6 Å². The molecule has 0 saturated carbocycles. The Bertz CT molecular complexity index is 610. The van der Waals surface area contributed by atoms with E-state index in [1.54, 1.807) is 18.3 Å². The maximum absolute atomic E-state index is 11.1. The molecular formula is C11H16N6OS. The summed E-state index contributed by atoms with van der Waals surface area (Å²) in [4.78, 5) is 21.7. The van der Waals surface area contributed by atoms with E-state index in [-0.39, 0.29) is 0 Å². The molecule has 2 aromatic heterocycles. The Morgan fingerprint density at radius 3 is 2.84 bits per heavy atom. The highest BCUT2D eigenvalue weighted by Crippen LogP contribution is 2.30. The molecule has 19 heavy (non-hydrogen) atoms. The van der Waals surface area contributed by atoms with Crippen molar-refractivity contribution in [3.8, 4) is 0 Å². The van der Waals surface area contributed by atoms with E-state index in [9.17, 15) is 4.79 Å². The number of hydrogen-bond donors (Lipinski definition) is 4. The topological polar surface area (TPSA) is 119 Å². The highest BCUT2D eigenvalue weighted by Gasteiger charge is 2.15. The normalized spacial score (nSPS) is 12.4. The highest BCUT2D eigenvalue weighted by molar-refractivity contribution is 7.18. The van der Waals surface area contributed by atoms with Crippen molar-refractivity contribution in [2.45, 2.75) is 26.3 Å². The second-order valence-electron chi connectivity index (χ2n) is 4.09. The van der Waals surface area contributed by atoms with E-state index in [2.05, 4.69) is 27.6 Å². The molecule has 2 aromatic rings. The van der Waals surface area contributed by atoms with Gasteiger partial charge in [-0.2, -0.15) is 4.98 Å². The van der Waals surface area contributed by atoms with Crippen LogP contribution in [0.15, 0.2) is 6.07 Å². The molecule has 7 nitrogen and oxygen atoms in total. The Labute approximate surface area is 114 Å². The van der Waals surface area contributed by atoms with Crippen molar-refractivity contribution < 1.29 is 4.79 Å². The Morgan fingerprint density at radius 2 is 2.26 bits per heavy atom. The number of nitrogens with zero attached hydrogens (tertiary/aromatic N) is 2. The van der Waals surface area contributed by atoms with E-state index in [0.717, 1.165) is 16.6 Å². The van der Waals surface area contributed by atoms with Crippen LogP contribution in [-0.4, -0.2) is 21.9 Å². The summed E-state index contributed by atoms with van der Waals surface area (Å²) in [5.74, 6) is 5.76. The van der Waals surface area contributed by atoms with Crippen molar-refractivity contribution in [3.05, 3.63) is 10.9 Å². The lowest BCUT2D eigenvalue weighted by Gasteiger charge is -2.12. The fourth-order valence-electron chi connectivity index (χ4n) is 1.60. The maximum atomic E-state index is 11.1. The molecule has 0 saturated heterocycles. The Kier molecular flexibility index (Phi) is 3.82. The molecule has 0 aliphatic carbocycles. The fourth-order valence-corrected chi connectivity index (χ4v) is 2.56. The van der Waals surface area contributed by atoms with Gasteiger partial charge in [0.05, 0.1) is 5.39 Å². The predicted molar refractivity (Wildman–Crippen MR) is 76.9 cm³/mol. The lowest BCUT2D eigenvalue weighted by atomic mass is 10.2. The first-order valence-electron chi connectivity index (χ1n) is 5.88. The number of nitrogen functional groups attached to an aromatic ring is 1. The summed E-state index contributed by atoms with van der Waals surface area (Å²) in [7, 11) is 0. The molecule has 2 heterocycles. The smallest absolute Gasteiger partial charge is 0.240 e. The molecule has 1 unspecified atom stereocenters. The number of carbonyl (C=O) groups is 1. The number of hydrazine groups is 1. The molecule has 6 N–H and O–H groups in total. The molecule has 0 radical (unpaired) electrons. The number of amides is 1. The molecule has 1 atom stereocenters. The second kappa shape index (κ2) is 5.37. The Hall–Kier alpha value is -1.93. The summed E-state index contributed by atoms with van der Waals surface area (Å²) in [5, 5.41) is 3.85. The number of rotatable bonds is 5. The van der Waals surface area contributed by atoms with Crippen LogP contribution in [-0.2, 0) is 11.2 Å². The summed E-state index contributed by atoms with van der Waals surface area (Å²) >= 11 is 1.57. The number of hydrogen-bond acceptors (Lipinski definition) is 7. The van der Waals surface area contributed by atoms with Gasteiger partial charge < -0.3 is 11.1 Å². The summed E-state index contributed by atoms with van der Waals surface area (Å²) in [6, 6.07) is 1.49. The second-order valence-corrected chi connectivity index (χ2v) is 5.21. The third-order valence-corrected chi connectivity index (χ3v) is 3.87. The van der Waals surface area contributed by atoms with Crippen molar-refractivity contribution in [1.82, 2.24) is 9.97 Å². The number of thiophene rings is 1. The monoisotopic (exact) mass is 280 g/mol. The van der Waals surface area contributed by atoms with Gasteiger partial charge in [-0.3, -0.25) is 10.2 Å². The highest BCUT2D eigenvalue weighted by atomic mass is 32.1. The summed E-state index contributed by atoms with van der Waals surface area (Å²) in [6.45, 7) is 3.75. The third-order valence-electron chi connectivity index (χ3n) is 2.70. The van der Waals surface area contributed by atoms with E-state index < -0.39 is 11.9 Å². The molecule has 1 amide bonds. The minimum Gasteiger partial charge on any atom is -0.368 e. The van der Waals surface area contributed by atoms with Gasteiger partial charge in [-0.15, -0.1) is 11.3 Å². The summed E-state index contributed by atoms with van der Waals surface area (Å²) in [5.41, 5.74) is 7.66. The van der Waals surface area contributed by atoms with Crippen LogP contribution in [0.25, 0.3) is 10.2 Å². The predicted octanol–water partition coefficient (Wildman–Crippen LogP) is 0.825. The fraction of sp³-hybridized carbons (Fsp3) is 0.364. The molecule has 0 aliphatic heterocycles. The van der Waals surface area contributed by atoms with Gasteiger partial charge in [0.1, 0.15) is 16.7 Å². The third kappa shape index (κ3) is 2.74. The number of aromatic nitrogens is 2. The van der Waals surface area contributed by atoms with Gasteiger partial charge in [0.25, 0.3) is 0 Å². The molecule has 2 rings (SSSR count). The van der Waals surface area contributed by atoms with Gasteiger partial charge in [-0.1, -0.05) is 6.92 Å². The average Bonchev–Trinajstić information content (AvgIpc) is 2.81. The summed E-state index contributed by atoms with van der Waals surface area (Å²) in [6.07, 6.45) is 0.914. The van der Waals surface area contributed by atoms with Crippen LogP contribution in [0.3, 0.4) is 0 Å². The van der Waals surface area contributed by atoms with Crippen LogP contribution in [0.4, 0.5) is 11.8 Å². The molecule has 0 aromatic carbocycles. The zero-order valence-corrected chi connectivity index (χ0v) is 11.5.